The molecule has 1 amide bonds. The summed E-state index contributed by atoms with van der Waals surface area (Å²) in [5.74, 6) is -1.12. The van der Waals surface area contributed by atoms with E-state index in [1.807, 2.05) is 20.8 Å². The highest BCUT2D eigenvalue weighted by molar-refractivity contribution is 7.20. The fourth-order valence-electron chi connectivity index (χ4n) is 3.05. The molecule has 0 aliphatic heterocycles. The Balaban J connectivity index is 1.70. The fourth-order valence-corrected chi connectivity index (χ4v) is 4.10. The molecule has 0 aliphatic carbocycles. The highest BCUT2D eigenvalue weighted by atomic mass is 32.1. The number of esters is 1. The van der Waals surface area contributed by atoms with Gasteiger partial charge in [0, 0.05) is 11.4 Å². The van der Waals surface area contributed by atoms with E-state index in [1.165, 1.54) is 23.5 Å². The minimum Gasteiger partial charge on any atom is -0.451 e. The Morgan fingerprint density at radius 2 is 1.93 bits per heavy atom. The van der Waals surface area contributed by atoms with Crippen LogP contribution in [-0.2, 0) is 16.1 Å². The fraction of sp³-hybridized carbons (Fsp3) is 0.381. The number of nitrogens with one attached hydrogen (secondary N) is 1. The van der Waals surface area contributed by atoms with Crippen molar-refractivity contribution in [3.63, 3.8) is 0 Å². The number of carbonyl (C=O) groups is 2. The van der Waals surface area contributed by atoms with E-state index in [9.17, 15) is 14.0 Å². The van der Waals surface area contributed by atoms with Gasteiger partial charge in [0.05, 0.1) is 12.2 Å². The lowest BCUT2D eigenvalue weighted by Crippen LogP contribution is -2.36. The van der Waals surface area contributed by atoms with Crippen molar-refractivity contribution in [2.75, 3.05) is 6.61 Å². The summed E-state index contributed by atoms with van der Waals surface area (Å²) in [4.78, 5) is 25.6. The van der Waals surface area contributed by atoms with Crippen molar-refractivity contribution in [2.24, 2.45) is 0 Å². The van der Waals surface area contributed by atoms with Crippen molar-refractivity contribution in [3.05, 3.63) is 52.3 Å². The largest absolute Gasteiger partial charge is 0.451 e. The third kappa shape index (κ3) is 5.00. The summed E-state index contributed by atoms with van der Waals surface area (Å²) in [5.41, 5.74) is 1.70. The monoisotopic (exact) mass is 417 g/mol. The molecule has 0 saturated heterocycles. The molecule has 8 heteroatoms. The molecule has 0 fully saturated rings. The van der Waals surface area contributed by atoms with Crippen LogP contribution in [0.4, 0.5) is 4.39 Å². The average molecular weight is 418 g/mol. The lowest BCUT2D eigenvalue weighted by Gasteiger charge is -2.14. The number of amides is 1. The normalized spacial score (nSPS) is 11.2. The van der Waals surface area contributed by atoms with Gasteiger partial charge in [0.2, 0.25) is 0 Å². The number of aromatic nitrogens is 2. The molecule has 3 aromatic rings. The maximum atomic E-state index is 13.1. The van der Waals surface area contributed by atoms with E-state index in [1.54, 1.807) is 22.9 Å². The van der Waals surface area contributed by atoms with Gasteiger partial charge >= 0.3 is 5.97 Å². The Hall–Kier alpha value is -2.74. The Labute approximate surface area is 172 Å². The van der Waals surface area contributed by atoms with Crippen LogP contribution >= 0.6 is 11.3 Å². The van der Waals surface area contributed by atoms with E-state index in [0.29, 0.717) is 11.4 Å². The van der Waals surface area contributed by atoms with Crippen LogP contribution in [0, 0.1) is 12.7 Å². The molecule has 0 bridgehead atoms. The van der Waals surface area contributed by atoms with E-state index in [4.69, 9.17) is 4.74 Å². The topological polar surface area (TPSA) is 73.2 Å². The third-order valence-electron chi connectivity index (χ3n) is 4.74. The Morgan fingerprint density at radius 3 is 2.59 bits per heavy atom. The molecule has 0 spiro atoms. The molecule has 0 atom stereocenters. The molecule has 0 aliphatic rings. The van der Waals surface area contributed by atoms with E-state index in [0.717, 1.165) is 34.3 Å². The van der Waals surface area contributed by atoms with Gasteiger partial charge < -0.3 is 10.1 Å². The second kappa shape index (κ2) is 9.17. The van der Waals surface area contributed by atoms with Crippen molar-refractivity contribution >= 4 is 33.4 Å². The van der Waals surface area contributed by atoms with Crippen LogP contribution in [0.2, 0.25) is 0 Å². The quantitative estimate of drug-likeness (QED) is 0.561. The Kier molecular flexibility index (Phi) is 6.64. The predicted molar refractivity (Wildman–Crippen MR) is 111 cm³/mol. The first kappa shape index (κ1) is 21.0. The zero-order chi connectivity index (χ0) is 21.0. The van der Waals surface area contributed by atoms with Gasteiger partial charge in [-0.05, 0) is 43.5 Å². The van der Waals surface area contributed by atoms with Gasteiger partial charge in [0.15, 0.2) is 6.61 Å². The zero-order valence-electron chi connectivity index (χ0n) is 16.7. The second-order valence-corrected chi connectivity index (χ2v) is 7.89. The van der Waals surface area contributed by atoms with Crippen molar-refractivity contribution in [2.45, 2.75) is 46.2 Å². The van der Waals surface area contributed by atoms with E-state index < -0.39 is 5.97 Å². The standard InChI is InChI=1S/C21H24FN3O3S/c1-4-16(5-2)23-19(26)12-28-21(27)18-10-17-13(3)24-25(20(17)29-18)11-14-6-8-15(22)9-7-14/h6-10,16H,4-5,11-12H2,1-3H3,(H,23,26). The number of halogens is 1. The molecular weight excluding hydrogens is 393 g/mol. The van der Waals surface area contributed by atoms with Crippen LogP contribution in [0.3, 0.4) is 0 Å². The number of nitrogens with zero attached hydrogens (tertiary/aromatic N) is 2. The summed E-state index contributed by atoms with van der Waals surface area (Å²) >= 11 is 1.27. The number of rotatable bonds is 8. The number of thiophene rings is 1. The van der Waals surface area contributed by atoms with Crippen molar-refractivity contribution in [1.82, 2.24) is 15.1 Å². The summed E-state index contributed by atoms with van der Waals surface area (Å²) in [7, 11) is 0. The summed E-state index contributed by atoms with van der Waals surface area (Å²) in [6.07, 6.45) is 1.66. The van der Waals surface area contributed by atoms with Crippen LogP contribution in [-0.4, -0.2) is 34.3 Å². The van der Waals surface area contributed by atoms with Gasteiger partial charge in [0.25, 0.3) is 5.91 Å². The van der Waals surface area contributed by atoms with Crippen LogP contribution in [0.5, 0.6) is 0 Å². The Bertz CT molecular complexity index is 1010. The number of fused-ring (bicyclic) bond motifs is 1. The van der Waals surface area contributed by atoms with Crippen LogP contribution in [0.1, 0.15) is 47.6 Å². The zero-order valence-corrected chi connectivity index (χ0v) is 17.5. The van der Waals surface area contributed by atoms with Crippen LogP contribution in [0.15, 0.2) is 30.3 Å². The maximum absolute atomic E-state index is 13.1. The van der Waals surface area contributed by atoms with Gasteiger partial charge in [-0.2, -0.15) is 5.10 Å². The van der Waals surface area contributed by atoms with Gasteiger partial charge in [0.1, 0.15) is 15.5 Å². The first-order valence-electron chi connectivity index (χ1n) is 9.59. The van der Waals surface area contributed by atoms with Gasteiger partial charge in [-0.15, -0.1) is 11.3 Å². The molecule has 0 saturated carbocycles. The number of benzene rings is 1. The van der Waals surface area contributed by atoms with E-state index in [2.05, 4.69) is 10.4 Å². The number of hydrogen-bond acceptors (Lipinski definition) is 5. The van der Waals surface area contributed by atoms with Crippen LogP contribution in [0.25, 0.3) is 10.2 Å². The molecule has 2 heterocycles. The number of carbonyl (C=O) groups excluding carboxylic acids is 2. The van der Waals surface area contributed by atoms with Gasteiger partial charge in [-0.3, -0.25) is 9.48 Å². The van der Waals surface area contributed by atoms with Crippen molar-refractivity contribution < 1.29 is 18.7 Å². The maximum Gasteiger partial charge on any atom is 0.348 e. The number of aryl methyl sites for hydroxylation is 1. The summed E-state index contributed by atoms with van der Waals surface area (Å²) in [6, 6.07) is 8.06. The molecule has 1 aromatic carbocycles. The third-order valence-corrected chi connectivity index (χ3v) is 5.87. The molecule has 3 rings (SSSR count). The SMILES string of the molecule is CCC(CC)NC(=O)COC(=O)c1cc2c(C)nn(Cc3ccc(F)cc3)c2s1. The smallest absolute Gasteiger partial charge is 0.348 e. The second-order valence-electron chi connectivity index (χ2n) is 6.86. The minimum atomic E-state index is -0.529. The van der Waals surface area contributed by atoms with Crippen molar-refractivity contribution in [1.29, 1.82) is 0 Å². The minimum absolute atomic E-state index is 0.0885. The Morgan fingerprint density at radius 1 is 1.24 bits per heavy atom. The summed E-state index contributed by atoms with van der Waals surface area (Å²) < 4.78 is 20.1. The lowest BCUT2D eigenvalue weighted by molar-refractivity contribution is -0.125. The van der Waals surface area contributed by atoms with Crippen LogP contribution < -0.4 is 5.32 Å². The highest BCUT2D eigenvalue weighted by Gasteiger charge is 2.19. The van der Waals surface area contributed by atoms with E-state index >= 15 is 0 Å². The molecule has 6 nitrogen and oxygen atoms in total. The van der Waals surface area contributed by atoms with E-state index in [-0.39, 0.29) is 24.4 Å². The van der Waals surface area contributed by atoms with Crippen molar-refractivity contribution in [3.8, 4) is 0 Å². The molecule has 154 valence electrons. The summed E-state index contributed by atoms with van der Waals surface area (Å²) in [6.45, 7) is 6.03. The molecule has 29 heavy (non-hydrogen) atoms. The predicted octanol–water partition coefficient (Wildman–Crippen LogP) is 4.06. The van der Waals surface area contributed by atoms with Gasteiger partial charge in [-0.25, -0.2) is 9.18 Å². The van der Waals surface area contributed by atoms with Gasteiger partial charge in [-0.1, -0.05) is 26.0 Å². The first-order valence-corrected chi connectivity index (χ1v) is 10.4. The molecular formula is C21H24FN3O3S. The molecule has 2 aromatic heterocycles. The summed E-state index contributed by atoms with van der Waals surface area (Å²) in [5, 5.41) is 8.22. The molecule has 0 unspecified atom stereocenters. The lowest BCUT2D eigenvalue weighted by atomic mass is 10.2. The molecule has 1 N–H and O–H groups in total. The molecule has 0 radical (unpaired) electrons. The first-order chi connectivity index (χ1) is 13.9. The highest BCUT2D eigenvalue weighted by Crippen LogP contribution is 2.29. The average Bonchev–Trinajstić information content (AvgIpc) is 3.27. The number of ether oxygens (including phenoxy) is 1. The number of hydrogen-bond donors (Lipinski definition) is 1.